The Balaban J connectivity index is 2.00. The molecule has 3 unspecified atom stereocenters. The van der Waals surface area contributed by atoms with Crippen LogP contribution in [0.25, 0.3) is 0 Å². The van der Waals surface area contributed by atoms with E-state index in [1.54, 1.807) is 5.56 Å². The minimum Gasteiger partial charge on any atom is -0.310 e. The molecular formula is C16H25NS. The SMILES string of the molecule is CSCC(C)CNC1CCC(C)c2ccccc21. The molecule has 0 radical (unpaired) electrons. The molecule has 0 bridgehead atoms. The van der Waals surface area contributed by atoms with Crippen LogP contribution in [0.4, 0.5) is 0 Å². The number of thioether (sulfide) groups is 1. The van der Waals surface area contributed by atoms with Crippen molar-refractivity contribution >= 4 is 11.8 Å². The van der Waals surface area contributed by atoms with Gasteiger partial charge in [-0.2, -0.15) is 11.8 Å². The van der Waals surface area contributed by atoms with Gasteiger partial charge in [0.15, 0.2) is 0 Å². The van der Waals surface area contributed by atoms with Crippen LogP contribution in [0.2, 0.25) is 0 Å². The summed E-state index contributed by atoms with van der Waals surface area (Å²) in [4.78, 5) is 0. The van der Waals surface area contributed by atoms with Gasteiger partial charge < -0.3 is 5.32 Å². The van der Waals surface area contributed by atoms with Crippen LogP contribution in [0.5, 0.6) is 0 Å². The van der Waals surface area contributed by atoms with Crippen LogP contribution in [-0.4, -0.2) is 18.6 Å². The standard InChI is InChI=1S/C16H25NS/c1-12(11-18-3)10-17-16-9-8-13(2)14-6-4-5-7-15(14)16/h4-7,12-13,16-17H,8-11H2,1-3H3. The Morgan fingerprint density at radius 2 is 2.00 bits per heavy atom. The van der Waals surface area contributed by atoms with E-state index in [9.17, 15) is 0 Å². The lowest BCUT2D eigenvalue weighted by Gasteiger charge is -2.31. The first-order valence-electron chi connectivity index (χ1n) is 7.03. The fourth-order valence-electron chi connectivity index (χ4n) is 2.90. The van der Waals surface area contributed by atoms with Gasteiger partial charge in [-0.3, -0.25) is 0 Å². The molecule has 1 nitrogen and oxygen atoms in total. The highest BCUT2D eigenvalue weighted by atomic mass is 32.2. The van der Waals surface area contributed by atoms with E-state index in [1.807, 2.05) is 11.8 Å². The molecule has 3 atom stereocenters. The van der Waals surface area contributed by atoms with Crippen molar-refractivity contribution in [2.24, 2.45) is 5.92 Å². The molecule has 1 N–H and O–H groups in total. The van der Waals surface area contributed by atoms with Gasteiger partial charge in [-0.1, -0.05) is 38.1 Å². The Morgan fingerprint density at radius 1 is 1.28 bits per heavy atom. The van der Waals surface area contributed by atoms with E-state index in [0.717, 1.165) is 18.4 Å². The number of fused-ring (bicyclic) bond motifs is 1. The zero-order valence-corrected chi connectivity index (χ0v) is 12.6. The third-order valence-corrected chi connectivity index (χ3v) is 4.86. The summed E-state index contributed by atoms with van der Waals surface area (Å²) in [5, 5.41) is 3.77. The van der Waals surface area contributed by atoms with Gasteiger partial charge in [0.05, 0.1) is 0 Å². The summed E-state index contributed by atoms with van der Waals surface area (Å²) in [5.41, 5.74) is 3.09. The number of benzene rings is 1. The highest BCUT2D eigenvalue weighted by Gasteiger charge is 2.23. The second-order valence-corrected chi connectivity index (χ2v) is 6.54. The van der Waals surface area contributed by atoms with Gasteiger partial charge in [-0.15, -0.1) is 0 Å². The predicted octanol–water partition coefficient (Wildman–Crippen LogP) is 4.21. The van der Waals surface area contributed by atoms with Crippen LogP contribution in [0, 0.1) is 5.92 Å². The minimum atomic E-state index is 0.571. The van der Waals surface area contributed by atoms with Crippen molar-refractivity contribution in [1.82, 2.24) is 5.32 Å². The third-order valence-electron chi connectivity index (χ3n) is 3.95. The number of nitrogens with one attached hydrogen (secondary N) is 1. The summed E-state index contributed by atoms with van der Waals surface area (Å²) in [5.74, 6) is 2.73. The minimum absolute atomic E-state index is 0.571. The van der Waals surface area contributed by atoms with Crippen LogP contribution in [0.3, 0.4) is 0 Å². The molecule has 1 aromatic rings. The van der Waals surface area contributed by atoms with E-state index < -0.39 is 0 Å². The monoisotopic (exact) mass is 263 g/mol. The molecule has 18 heavy (non-hydrogen) atoms. The highest BCUT2D eigenvalue weighted by molar-refractivity contribution is 7.98. The van der Waals surface area contributed by atoms with Crippen molar-refractivity contribution < 1.29 is 0 Å². The largest absolute Gasteiger partial charge is 0.310 e. The fourth-order valence-corrected chi connectivity index (χ4v) is 3.59. The second-order valence-electron chi connectivity index (χ2n) is 5.63. The summed E-state index contributed by atoms with van der Waals surface area (Å²) >= 11 is 1.94. The van der Waals surface area contributed by atoms with Crippen LogP contribution < -0.4 is 5.32 Å². The van der Waals surface area contributed by atoms with Crippen LogP contribution in [0.1, 0.15) is 49.8 Å². The summed E-state index contributed by atoms with van der Waals surface area (Å²) in [6, 6.07) is 9.54. The van der Waals surface area contributed by atoms with Crippen molar-refractivity contribution in [3.05, 3.63) is 35.4 Å². The van der Waals surface area contributed by atoms with E-state index in [1.165, 1.54) is 24.2 Å². The molecule has 0 amide bonds. The lowest BCUT2D eigenvalue weighted by atomic mass is 9.81. The first kappa shape index (κ1) is 14.0. The van der Waals surface area contributed by atoms with Crippen LogP contribution >= 0.6 is 11.8 Å². The lowest BCUT2D eigenvalue weighted by molar-refractivity contribution is 0.409. The number of hydrogen-bond acceptors (Lipinski definition) is 2. The Hall–Kier alpha value is -0.470. The molecule has 0 saturated carbocycles. The Bertz CT molecular complexity index is 377. The fraction of sp³-hybridized carbons (Fsp3) is 0.625. The third kappa shape index (κ3) is 3.30. The average Bonchev–Trinajstić information content (AvgIpc) is 2.39. The maximum absolute atomic E-state index is 3.77. The summed E-state index contributed by atoms with van der Waals surface area (Å²) < 4.78 is 0. The van der Waals surface area contributed by atoms with E-state index in [2.05, 4.69) is 49.7 Å². The average molecular weight is 263 g/mol. The van der Waals surface area contributed by atoms with E-state index in [0.29, 0.717) is 6.04 Å². The van der Waals surface area contributed by atoms with Crippen molar-refractivity contribution in [2.45, 2.75) is 38.6 Å². The molecule has 0 spiro atoms. The molecular weight excluding hydrogens is 238 g/mol. The first-order chi connectivity index (χ1) is 8.72. The van der Waals surface area contributed by atoms with Crippen LogP contribution in [0.15, 0.2) is 24.3 Å². The first-order valence-corrected chi connectivity index (χ1v) is 8.43. The predicted molar refractivity (Wildman–Crippen MR) is 82.4 cm³/mol. The molecule has 0 aromatic heterocycles. The number of hydrogen-bond donors (Lipinski definition) is 1. The summed E-state index contributed by atoms with van der Waals surface area (Å²) in [6.07, 6.45) is 4.78. The molecule has 0 heterocycles. The molecule has 1 aliphatic carbocycles. The van der Waals surface area contributed by atoms with E-state index in [-0.39, 0.29) is 0 Å². The van der Waals surface area contributed by atoms with Gasteiger partial charge in [-0.05, 0) is 54.4 Å². The van der Waals surface area contributed by atoms with Crippen LogP contribution in [-0.2, 0) is 0 Å². The maximum Gasteiger partial charge on any atom is 0.0323 e. The Kier molecular flexibility index (Phi) is 5.13. The second kappa shape index (κ2) is 6.63. The normalized spacial score (nSPS) is 24.6. The molecule has 1 aliphatic rings. The molecule has 0 aliphatic heterocycles. The van der Waals surface area contributed by atoms with Gasteiger partial charge in [0, 0.05) is 6.04 Å². The molecule has 1 aromatic carbocycles. The van der Waals surface area contributed by atoms with Gasteiger partial charge in [0.2, 0.25) is 0 Å². The van der Waals surface area contributed by atoms with Gasteiger partial charge in [0.1, 0.15) is 0 Å². The zero-order valence-electron chi connectivity index (χ0n) is 11.8. The van der Waals surface area contributed by atoms with Gasteiger partial charge in [0.25, 0.3) is 0 Å². The van der Waals surface area contributed by atoms with Gasteiger partial charge >= 0.3 is 0 Å². The summed E-state index contributed by atoms with van der Waals surface area (Å²) in [6.45, 7) is 5.82. The summed E-state index contributed by atoms with van der Waals surface area (Å²) in [7, 11) is 0. The van der Waals surface area contributed by atoms with Crippen molar-refractivity contribution in [1.29, 1.82) is 0 Å². The molecule has 2 heteroatoms. The van der Waals surface area contributed by atoms with Crippen molar-refractivity contribution in [3.63, 3.8) is 0 Å². The van der Waals surface area contributed by atoms with Gasteiger partial charge in [-0.25, -0.2) is 0 Å². The molecule has 100 valence electrons. The topological polar surface area (TPSA) is 12.0 Å². The Labute approximate surface area is 116 Å². The van der Waals surface area contributed by atoms with E-state index >= 15 is 0 Å². The smallest absolute Gasteiger partial charge is 0.0323 e. The Morgan fingerprint density at radius 3 is 2.72 bits per heavy atom. The number of rotatable bonds is 5. The zero-order chi connectivity index (χ0) is 13.0. The molecule has 2 rings (SSSR count). The van der Waals surface area contributed by atoms with E-state index in [4.69, 9.17) is 0 Å². The quantitative estimate of drug-likeness (QED) is 0.854. The van der Waals surface area contributed by atoms with Crippen molar-refractivity contribution in [3.8, 4) is 0 Å². The maximum atomic E-state index is 3.77. The highest BCUT2D eigenvalue weighted by Crippen LogP contribution is 2.36. The molecule has 0 fully saturated rings. The lowest BCUT2D eigenvalue weighted by Crippen LogP contribution is -2.30. The van der Waals surface area contributed by atoms with Crippen molar-refractivity contribution in [2.75, 3.05) is 18.6 Å². The molecule has 0 saturated heterocycles.